The number of aliphatic hydroxyl groups is 1. The lowest BCUT2D eigenvalue weighted by Crippen LogP contribution is -2.51. The van der Waals surface area contributed by atoms with Gasteiger partial charge in [0.25, 0.3) is 0 Å². The van der Waals surface area contributed by atoms with Gasteiger partial charge in [0.05, 0.1) is 11.7 Å². The number of imide groups is 1. The number of halogens is 3. The van der Waals surface area contributed by atoms with Gasteiger partial charge in [0, 0.05) is 24.9 Å². The maximum atomic E-state index is 13.0. The average molecular weight is 443 g/mol. The van der Waals surface area contributed by atoms with Crippen molar-refractivity contribution in [2.45, 2.75) is 71.1 Å². The summed E-state index contributed by atoms with van der Waals surface area (Å²) in [4.78, 5) is 26.5. The monoisotopic (exact) mass is 442 g/mol. The molecule has 1 aliphatic rings. The zero-order valence-corrected chi connectivity index (χ0v) is 18.4. The summed E-state index contributed by atoms with van der Waals surface area (Å²) in [5.41, 5.74) is -0.360. The molecule has 1 aromatic carbocycles. The van der Waals surface area contributed by atoms with Gasteiger partial charge in [0.1, 0.15) is 0 Å². The second-order valence-corrected chi connectivity index (χ2v) is 8.78. The first-order valence-electron chi connectivity index (χ1n) is 11.0. The quantitative estimate of drug-likeness (QED) is 0.628. The Bertz CT molecular complexity index is 752. The number of nitrogens with zero attached hydrogens (tertiary/aromatic N) is 1. The van der Waals surface area contributed by atoms with Crippen molar-refractivity contribution < 1.29 is 27.9 Å². The number of nitrogens with one attached hydrogen (secondary N) is 1. The van der Waals surface area contributed by atoms with Gasteiger partial charge in [-0.3, -0.25) is 10.1 Å². The molecule has 0 bridgehead atoms. The van der Waals surface area contributed by atoms with E-state index in [1.807, 2.05) is 6.92 Å². The normalized spacial score (nSPS) is 20.6. The van der Waals surface area contributed by atoms with Crippen molar-refractivity contribution >= 4 is 11.9 Å². The third-order valence-corrected chi connectivity index (χ3v) is 5.84. The van der Waals surface area contributed by atoms with E-state index in [2.05, 4.69) is 19.2 Å². The molecule has 0 radical (unpaired) electrons. The van der Waals surface area contributed by atoms with E-state index in [0.717, 1.165) is 25.0 Å². The van der Waals surface area contributed by atoms with Crippen LogP contribution in [0.3, 0.4) is 0 Å². The van der Waals surface area contributed by atoms with Crippen molar-refractivity contribution in [1.82, 2.24) is 10.2 Å². The summed E-state index contributed by atoms with van der Waals surface area (Å²) in [5, 5.41) is 13.0. The Morgan fingerprint density at radius 1 is 1.23 bits per heavy atom. The number of carbonyl (C=O) groups is 2. The number of alkyl halides is 3. The molecule has 2 N–H and O–H groups in total. The van der Waals surface area contributed by atoms with Gasteiger partial charge in [-0.25, -0.2) is 4.79 Å². The number of hydrogen-bond acceptors (Lipinski definition) is 3. The van der Waals surface area contributed by atoms with Gasteiger partial charge >= 0.3 is 12.2 Å². The lowest BCUT2D eigenvalue weighted by atomic mass is 9.86. The summed E-state index contributed by atoms with van der Waals surface area (Å²) in [6.07, 6.45) is -2.00. The third kappa shape index (κ3) is 7.23. The van der Waals surface area contributed by atoms with E-state index in [9.17, 15) is 27.9 Å². The van der Waals surface area contributed by atoms with Gasteiger partial charge in [-0.2, -0.15) is 13.2 Å². The fourth-order valence-corrected chi connectivity index (χ4v) is 4.03. The predicted molar refractivity (Wildman–Crippen MR) is 112 cm³/mol. The molecule has 1 heterocycles. The first-order valence-corrected chi connectivity index (χ1v) is 11.0. The zero-order valence-electron chi connectivity index (χ0n) is 18.4. The Hall–Kier alpha value is -2.09. The number of likely N-dealkylation sites (tertiary alicyclic amines) is 1. The van der Waals surface area contributed by atoms with Gasteiger partial charge in [-0.1, -0.05) is 51.8 Å². The highest BCUT2D eigenvalue weighted by Gasteiger charge is 2.35. The minimum Gasteiger partial charge on any atom is -0.391 e. The van der Waals surface area contributed by atoms with Crippen LogP contribution >= 0.6 is 0 Å². The van der Waals surface area contributed by atoms with Crippen LogP contribution in [0.5, 0.6) is 0 Å². The predicted octanol–water partition coefficient (Wildman–Crippen LogP) is 4.94. The van der Waals surface area contributed by atoms with Gasteiger partial charge in [-0.05, 0) is 36.8 Å². The van der Waals surface area contributed by atoms with Crippen LogP contribution in [-0.4, -0.2) is 41.1 Å². The van der Waals surface area contributed by atoms with Gasteiger partial charge in [-0.15, -0.1) is 0 Å². The molecular formula is C23H33F3N2O3. The lowest BCUT2D eigenvalue weighted by Gasteiger charge is -2.36. The topological polar surface area (TPSA) is 69.6 Å². The molecule has 5 nitrogen and oxygen atoms in total. The molecule has 2 rings (SSSR count). The Kier molecular flexibility index (Phi) is 8.91. The molecule has 174 valence electrons. The molecule has 0 aliphatic carbocycles. The van der Waals surface area contributed by atoms with E-state index in [1.165, 1.54) is 11.0 Å². The van der Waals surface area contributed by atoms with E-state index in [1.54, 1.807) is 6.07 Å². The highest BCUT2D eigenvalue weighted by atomic mass is 19.4. The standard InChI is InChI=1S/C23H33F3N2O3/c1-4-6-16(10-9-15(2)3)21(30)27-22(31)28-12-11-19(20(29)14-28)17-7-5-8-18(13-17)23(24,25)26/h5,7-8,13,15-16,19-20,29H,4,6,9-12,14H2,1-3H3,(H,27,30,31)/t16-,19?,20-/m0/s1. The average Bonchev–Trinajstić information content (AvgIpc) is 2.70. The van der Waals surface area contributed by atoms with Crippen molar-refractivity contribution in [3.63, 3.8) is 0 Å². The SMILES string of the molecule is CCC[C@@H](CCC(C)C)C(=O)NC(=O)N1CCC(c2cccc(C(F)(F)F)c2)[C@@H](O)C1. The first kappa shape index (κ1) is 25.2. The summed E-state index contributed by atoms with van der Waals surface area (Å²) < 4.78 is 39.0. The molecule has 1 unspecified atom stereocenters. The van der Waals surface area contributed by atoms with Crippen molar-refractivity contribution in [3.8, 4) is 0 Å². The molecule has 31 heavy (non-hydrogen) atoms. The van der Waals surface area contributed by atoms with Crippen molar-refractivity contribution in [1.29, 1.82) is 0 Å². The van der Waals surface area contributed by atoms with Crippen LogP contribution in [0.2, 0.25) is 0 Å². The summed E-state index contributed by atoms with van der Waals surface area (Å²) in [5.74, 6) is -0.570. The molecule has 0 aromatic heterocycles. The van der Waals surface area contributed by atoms with Crippen LogP contribution in [-0.2, 0) is 11.0 Å². The first-order chi connectivity index (χ1) is 14.5. The minimum atomic E-state index is -4.45. The number of piperidine rings is 1. The minimum absolute atomic E-state index is 0.0372. The molecular weight excluding hydrogens is 409 g/mol. The fraction of sp³-hybridized carbons (Fsp3) is 0.652. The van der Waals surface area contributed by atoms with Crippen molar-refractivity contribution in [3.05, 3.63) is 35.4 Å². The molecule has 1 saturated heterocycles. The van der Waals surface area contributed by atoms with Crippen LogP contribution < -0.4 is 5.32 Å². The number of β-amino-alcohol motifs (C(OH)–C–C–N with tert-alkyl or cyclic N) is 1. The highest BCUT2D eigenvalue weighted by molar-refractivity contribution is 5.95. The molecule has 3 amide bonds. The molecule has 0 spiro atoms. The molecule has 1 aromatic rings. The smallest absolute Gasteiger partial charge is 0.391 e. The fourth-order valence-electron chi connectivity index (χ4n) is 4.03. The number of rotatable bonds is 7. The third-order valence-electron chi connectivity index (χ3n) is 5.84. The Labute approximate surface area is 182 Å². The van der Waals surface area contributed by atoms with Gasteiger partial charge in [0.2, 0.25) is 5.91 Å². The number of urea groups is 1. The van der Waals surface area contributed by atoms with Crippen LogP contribution in [0.4, 0.5) is 18.0 Å². The molecule has 8 heteroatoms. The number of amides is 3. The van der Waals surface area contributed by atoms with E-state index >= 15 is 0 Å². The lowest BCUT2D eigenvalue weighted by molar-refractivity contribution is -0.137. The van der Waals surface area contributed by atoms with E-state index in [4.69, 9.17) is 0 Å². The summed E-state index contributed by atoms with van der Waals surface area (Å²) in [6.45, 7) is 6.38. The van der Waals surface area contributed by atoms with E-state index in [-0.39, 0.29) is 24.9 Å². The Morgan fingerprint density at radius 3 is 2.52 bits per heavy atom. The van der Waals surface area contributed by atoms with E-state index in [0.29, 0.717) is 30.7 Å². The largest absolute Gasteiger partial charge is 0.416 e. The molecule has 1 aliphatic heterocycles. The highest BCUT2D eigenvalue weighted by Crippen LogP contribution is 2.34. The molecule has 3 atom stereocenters. The van der Waals surface area contributed by atoms with Crippen LogP contribution in [0.15, 0.2) is 24.3 Å². The molecule has 1 fully saturated rings. The summed E-state index contributed by atoms with van der Waals surface area (Å²) in [7, 11) is 0. The van der Waals surface area contributed by atoms with Crippen molar-refractivity contribution in [2.24, 2.45) is 11.8 Å². The Morgan fingerprint density at radius 2 is 1.94 bits per heavy atom. The maximum absolute atomic E-state index is 13.0. The number of hydrogen-bond donors (Lipinski definition) is 2. The summed E-state index contributed by atoms with van der Waals surface area (Å²) in [6, 6.07) is 4.38. The van der Waals surface area contributed by atoms with Gasteiger partial charge < -0.3 is 10.0 Å². The van der Waals surface area contributed by atoms with Crippen LogP contribution in [0.1, 0.15) is 69.9 Å². The Balaban J connectivity index is 1.97. The number of benzene rings is 1. The second-order valence-electron chi connectivity index (χ2n) is 8.78. The molecule has 0 saturated carbocycles. The number of carbonyl (C=O) groups excluding carboxylic acids is 2. The van der Waals surface area contributed by atoms with Crippen LogP contribution in [0.25, 0.3) is 0 Å². The second kappa shape index (κ2) is 11.0. The summed E-state index contributed by atoms with van der Waals surface area (Å²) >= 11 is 0. The van der Waals surface area contributed by atoms with E-state index < -0.39 is 29.8 Å². The number of aliphatic hydroxyl groups excluding tert-OH is 1. The zero-order chi connectivity index (χ0) is 23.2. The van der Waals surface area contributed by atoms with Crippen molar-refractivity contribution in [2.75, 3.05) is 13.1 Å². The van der Waals surface area contributed by atoms with Gasteiger partial charge in [0.15, 0.2) is 0 Å². The van der Waals surface area contributed by atoms with Crippen LogP contribution in [0, 0.1) is 11.8 Å². The maximum Gasteiger partial charge on any atom is 0.416 e.